The number of carbonyl (C=O) groups is 1. The number of pyridine rings is 1. The molecule has 1 saturated carbocycles. The molecule has 1 aliphatic carbocycles. The molecule has 2 fully saturated rings. The first-order valence-corrected chi connectivity index (χ1v) is 10.6. The maximum absolute atomic E-state index is 13.0. The standard InChI is InChI=1S/C23H30N4O2/c1-29-21-10-6-5-9-20(21)26-13-15-27(16-14-26)23(28)18-11-12-24-22(17-18)25-19-7-3-2-4-8-19/h5-6,9-12,17,19H,2-4,7-8,13-16H2,1H3,(H,24,25). The summed E-state index contributed by atoms with van der Waals surface area (Å²) in [5.74, 6) is 1.77. The maximum atomic E-state index is 13.0. The van der Waals surface area contributed by atoms with Crippen molar-refractivity contribution in [2.75, 3.05) is 43.5 Å². The Hall–Kier alpha value is -2.76. The van der Waals surface area contributed by atoms with Gasteiger partial charge in [-0.05, 0) is 37.1 Å². The zero-order chi connectivity index (χ0) is 20.1. The van der Waals surface area contributed by atoms with Crippen LogP contribution in [0.2, 0.25) is 0 Å². The van der Waals surface area contributed by atoms with Crippen molar-refractivity contribution in [2.45, 2.75) is 38.1 Å². The van der Waals surface area contributed by atoms with Crippen molar-refractivity contribution in [1.82, 2.24) is 9.88 Å². The highest BCUT2D eigenvalue weighted by Gasteiger charge is 2.24. The van der Waals surface area contributed by atoms with Gasteiger partial charge in [0.1, 0.15) is 11.6 Å². The van der Waals surface area contributed by atoms with E-state index in [-0.39, 0.29) is 5.91 Å². The van der Waals surface area contributed by atoms with Crippen molar-refractivity contribution >= 4 is 17.4 Å². The summed E-state index contributed by atoms with van der Waals surface area (Å²) in [5, 5.41) is 3.52. The number of anilines is 2. The van der Waals surface area contributed by atoms with Crippen LogP contribution in [-0.2, 0) is 0 Å². The zero-order valence-electron chi connectivity index (χ0n) is 17.1. The van der Waals surface area contributed by atoms with Gasteiger partial charge in [0.05, 0.1) is 12.8 Å². The number of amides is 1. The first kappa shape index (κ1) is 19.6. The molecular formula is C23H30N4O2. The number of hydrogen-bond donors (Lipinski definition) is 1. The van der Waals surface area contributed by atoms with Crippen molar-refractivity contribution in [3.63, 3.8) is 0 Å². The van der Waals surface area contributed by atoms with Crippen molar-refractivity contribution in [2.24, 2.45) is 0 Å². The highest BCUT2D eigenvalue weighted by atomic mass is 16.5. The number of para-hydroxylation sites is 2. The molecule has 6 heteroatoms. The average Bonchev–Trinajstić information content (AvgIpc) is 2.79. The molecule has 1 saturated heterocycles. The van der Waals surface area contributed by atoms with Crippen molar-refractivity contribution in [1.29, 1.82) is 0 Å². The lowest BCUT2D eigenvalue weighted by Gasteiger charge is -2.36. The molecule has 2 heterocycles. The van der Waals surface area contributed by atoms with Crippen LogP contribution in [0.3, 0.4) is 0 Å². The number of nitrogens with zero attached hydrogens (tertiary/aromatic N) is 3. The summed E-state index contributed by atoms with van der Waals surface area (Å²) in [5.41, 5.74) is 1.80. The van der Waals surface area contributed by atoms with Crippen LogP contribution in [0.25, 0.3) is 0 Å². The van der Waals surface area contributed by atoms with Gasteiger partial charge in [0.25, 0.3) is 5.91 Å². The molecule has 0 bridgehead atoms. The zero-order valence-corrected chi connectivity index (χ0v) is 17.1. The molecule has 2 aromatic rings. The van der Waals surface area contributed by atoms with E-state index in [1.54, 1.807) is 13.3 Å². The minimum Gasteiger partial charge on any atom is -0.495 e. The van der Waals surface area contributed by atoms with Gasteiger partial charge in [0, 0.05) is 44.0 Å². The quantitative estimate of drug-likeness (QED) is 0.836. The fourth-order valence-corrected chi connectivity index (χ4v) is 4.32. The number of ether oxygens (including phenoxy) is 1. The van der Waals surface area contributed by atoms with Gasteiger partial charge in [-0.2, -0.15) is 0 Å². The Morgan fingerprint density at radius 1 is 1.07 bits per heavy atom. The molecule has 154 valence electrons. The molecule has 29 heavy (non-hydrogen) atoms. The monoisotopic (exact) mass is 394 g/mol. The predicted molar refractivity (Wildman–Crippen MR) is 116 cm³/mol. The predicted octanol–water partition coefficient (Wildman–Crippen LogP) is 3.80. The Morgan fingerprint density at radius 3 is 2.59 bits per heavy atom. The van der Waals surface area contributed by atoms with Gasteiger partial charge in [0.15, 0.2) is 0 Å². The molecular weight excluding hydrogens is 364 g/mol. The van der Waals surface area contributed by atoms with Crippen LogP contribution in [0.1, 0.15) is 42.5 Å². The summed E-state index contributed by atoms with van der Waals surface area (Å²) in [6.45, 7) is 2.99. The van der Waals surface area contributed by atoms with E-state index >= 15 is 0 Å². The summed E-state index contributed by atoms with van der Waals surface area (Å²) in [6, 6.07) is 12.3. The SMILES string of the molecule is COc1ccccc1N1CCN(C(=O)c2ccnc(NC3CCCCC3)c2)CC1. The summed E-state index contributed by atoms with van der Waals surface area (Å²) in [6.07, 6.45) is 7.98. The van der Waals surface area contributed by atoms with E-state index in [0.29, 0.717) is 24.7 Å². The van der Waals surface area contributed by atoms with E-state index in [9.17, 15) is 4.79 Å². The molecule has 2 aliphatic rings. The number of nitrogens with one attached hydrogen (secondary N) is 1. The van der Waals surface area contributed by atoms with E-state index in [2.05, 4.69) is 21.3 Å². The fourth-order valence-electron chi connectivity index (χ4n) is 4.32. The highest BCUT2D eigenvalue weighted by Crippen LogP contribution is 2.28. The topological polar surface area (TPSA) is 57.7 Å². The van der Waals surface area contributed by atoms with Crippen LogP contribution in [-0.4, -0.2) is 55.1 Å². The van der Waals surface area contributed by atoms with Gasteiger partial charge >= 0.3 is 0 Å². The third-order valence-corrected chi connectivity index (χ3v) is 5.96. The van der Waals surface area contributed by atoms with E-state index in [1.165, 1.54) is 32.1 Å². The molecule has 1 aromatic carbocycles. The van der Waals surface area contributed by atoms with Gasteiger partial charge in [-0.15, -0.1) is 0 Å². The first-order chi connectivity index (χ1) is 14.2. The summed E-state index contributed by atoms with van der Waals surface area (Å²) >= 11 is 0. The van der Waals surface area contributed by atoms with Gasteiger partial charge in [0.2, 0.25) is 0 Å². The van der Waals surface area contributed by atoms with Crippen LogP contribution in [0.15, 0.2) is 42.6 Å². The molecule has 4 rings (SSSR count). The minimum atomic E-state index is 0.0822. The van der Waals surface area contributed by atoms with Crippen LogP contribution in [0.4, 0.5) is 11.5 Å². The van der Waals surface area contributed by atoms with E-state index in [1.807, 2.05) is 35.2 Å². The second-order valence-corrected chi connectivity index (χ2v) is 7.86. The lowest BCUT2D eigenvalue weighted by molar-refractivity contribution is 0.0746. The Bertz CT molecular complexity index is 827. The number of benzene rings is 1. The van der Waals surface area contributed by atoms with Crippen molar-refractivity contribution in [3.05, 3.63) is 48.2 Å². The normalized spacial score (nSPS) is 17.8. The van der Waals surface area contributed by atoms with Crippen LogP contribution >= 0.6 is 0 Å². The van der Waals surface area contributed by atoms with E-state index in [0.717, 1.165) is 30.3 Å². The smallest absolute Gasteiger partial charge is 0.254 e. The number of carbonyl (C=O) groups excluding carboxylic acids is 1. The maximum Gasteiger partial charge on any atom is 0.254 e. The number of aromatic nitrogens is 1. The van der Waals surface area contributed by atoms with Gasteiger partial charge in [-0.3, -0.25) is 4.79 Å². The number of piperazine rings is 1. The Morgan fingerprint density at radius 2 is 1.83 bits per heavy atom. The van der Waals surface area contributed by atoms with E-state index in [4.69, 9.17) is 4.74 Å². The molecule has 1 amide bonds. The Balaban J connectivity index is 1.37. The largest absolute Gasteiger partial charge is 0.495 e. The molecule has 0 unspecified atom stereocenters. The van der Waals surface area contributed by atoms with E-state index < -0.39 is 0 Å². The lowest BCUT2D eigenvalue weighted by Crippen LogP contribution is -2.48. The number of methoxy groups -OCH3 is 1. The van der Waals surface area contributed by atoms with Gasteiger partial charge in [-0.25, -0.2) is 4.98 Å². The van der Waals surface area contributed by atoms with Crippen molar-refractivity contribution < 1.29 is 9.53 Å². The molecule has 0 atom stereocenters. The summed E-state index contributed by atoms with van der Waals surface area (Å²) in [7, 11) is 1.70. The van der Waals surface area contributed by atoms with Crippen LogP contribution < -0.4 is 15.0 Å². The second kappa shape index (κ2) is 9.16. The molecule has 1 aromatic heterocycles. The third-order valence-electron chi connectivity index (χ3n) is 5.96. The summed E-state index contributed by atoms with van der Waals surface area (Å²) in [4.78, 5) is 21.7. The fraction of sp³-hybridized carbons (Fsp3) is 0.478. The average molecular weight is 395 g/mol. The molecule has 6 nitrogen and oxygen atoms in total. The lowest BCUT2D eigenvalue weighted by atomic mass is 9.95. The molecule has 0 spiro atoms. The Labute approximate surface area is 172 Å². The third kappa shape index (κ3) is 4.63. The summed E-state index contributed by atoms with van der Waals surface area (Å²) < 4.78 is 5.48. The van der Waals surface area contributed by atoms with Crippen molar-refractivity contribution in [3.8, 4) is 5.75 Å². The van der Waals surface area contributed by atoms with Crippen LogP contribution in [0, 0.1) is 0 Å². The number of hydrogen-bond acceptors (Lipinski definition) is 5. The highest BCUT2D eigenvalue weighted by molar-refractivity contribution is 5.95. The van der Waals surface area contributed by atoms with Gasteiger partial charge < -0.3 is 19.9 Å². The minimum absolute atomic E-state index is 0.0822. The molecule has 1 N–H and O–H groups in total. The number of rotatable bonds is 5. The molecule has 0 radical (unpaired) electrons. The first-order valence-electron chi connectivity index (χ1n) is 10.6. The van der Waals surface area contributed by atoms with Gasteiger partial charge in [-0.1, -0.05) is 31.4 Å². The second-order valence-electron chi connectivity index (χ2n) is 7.86. The van der Waals surface area contributed by atoms with Crippen LogP contribution in [0.5, 0.6) is 5.75 Å². The Kier molecular flexibility index (Phi) is 6.17. The molecule has 1 aliphatic heterocycles.